The monoisotopic (exact) mass is 328 g/mol. The maximum atomic E-state index is 12.2. The van der Waals surface area contributed by atoms with Crippen LogP contribution >= 0.6 is 0 Å². The van der Waals surface area contributed by atoms with Gasteiger partial charge in [0, 0.05) is 32.5 Å². The standard InChI is InChI=1S/C18H24N4O2/c1-13-3-5-14(6-4-13)7-10-17(23)19-15-8-9-16-20-21(2)18(24)22(16)12-11-15/h3-6,15H,7-12H2,1-2H3,(H,19,23). The molecule has 1 aromatic carbocycles. The predicted molar refractivity (Wildman–Crippen MR) is 91.8 cm³/mol. The van der Waals surface area contributed by atoms with E-state index in [1.165, 1.54) is 15.8 Å². The second kappa shape index (κ2) is 7.03. The SMILES string of the molecule is Cc1ccc(CCC(=O)NC2CCc3nn(C)c(=O)n3CC2)cc1. The highest BCUT2D eigenvalue weighted by molar-refractivity contribution is 5.76. The Morgan fingerprint density at radius 3 is 2.79 bits per heavy atom. The van der Waals surface area contributed by atoms with Crippen molar-refractivity contribution in [3.8, 4) is 0 Å². The Hall–Kier alpha value is -2.37. The molecule has 1 aromatic heterocycles. The fourth-order valence-corrected chi connectivity index (χ4v) is 3.15. The minimum atomic E-state index is -0.0728. The highest BCUT2D eigenvalue weighted by atomic mass is 16.2. The lowest BCUT2D eigenvalue weighted by Crippen LogP contribution is -2.35. The second-order valence-corrected chi connectivity index (χ2v) is 6.55. The Bertz CT molecular complexity index is 773. The quantitative estimate of drug-likeness (QED) is 0.921. The van der Waals surface area contributed by atoms with E-state index in [1.54, 1.807) is 11.6 Å². The van der Waals surface area contributed by atoms with E-state index in [2.05, 4.69) is 41.6 Å². The van der Waals surface area contributed by atoms with E-state index in [1.807, 2.05) is 0 Å². The predicted octanol–water partition coefficient (Wildman–Crippen LogP) is 1.34. The van der Waals surface area contributed by atoms with Crippen LogP contribution in [0, 0.1) is 6.92 Å². The van der Waals surface area contributed by atoms with Crippen LogP contribution in [0.1, 0.15) is 36.2 Å². The number of fused-ring (bicyclic) bond motifs is 1. The van der Waals surface area contributed by atoms with E-state index in [0.29, 0.717) is 13.0 Å². The molecule has 0 saturated carbocycles. The number of hydrogen-bond acceptors (Lipinski definition) is 3. The van der Waals surface area contributed by atoms with E-state index in [4.69, 9.17) is 0 Å². The molecule has 128 valence electrons. The van der Waals surface area contributed by atoms with Crippen molar-refractivity contribution in [2.75, 3.05) is 0 Å². The molecule has 1 aliphatic rings. The summed E-state index contributed by atoms with van der Waals surface area (Å²) in [4.78, 5) is 24.2. The number of carbonyl (C=O) groups is 1. The molecular formula is C18H24N4O2. The van der Waals surface area contributed by atoms with Crippen LogP contribution in [0.15, 0.2) is 29.1 Å². The lowest BCUT2D eigenvalue weighted by Gasteiger charge is -2.16. The molecule has 0 spiro atoms. The number of amides is 1. The van der Waals surface area contributed by atoms with Gasteiger partial charge in [-0.3, -0.25) is 9.36 Å². The highest BCUT2D eigenvalue weighted by Gasteiger charge is 2.21. The van der Waals surface area contributed by atoms with Crippen molar-refractivity contribution in [2.45, 2.75) is 51.6 Å². The van der Waals surface area contributed by atoms with Gasteiger partial charge in [0.05, 0.1) is 0 Å². The van der Waals surface area contributed by atoms with E-state index >= 15 is 0 Å². The van der Waals surface area contributed by atoms with Crippen molar-refractivity contribution >= 4 is 5.91 Å². The van der Waals surface area contributed by atoms with Crippen LogP contribution in [0.25, 0.3) is 0 Å². The summed E-state index contributed by atoms with van der Waals surface area (Å²) in [7, 11) is 1.67. The van der Waals surface area contributed by atoms with Crippen LogP contribution in [0.3, 0.4) is 0 Å². The van der Waals surface area contributed by atoms with Gasteiger partial charge in [-0.1, -0.05) is 29.8 Å². The molecule has 0 bridgehead atoms. The molecule has 0 radical (unpaired) electrons. The average molecular weight is 328 g/mol. The van der Waals surface area contributed by atoms with Crippen LogP contribution in [-0.4, -0.2) is 26.3 Å². The van der Waals surface area contributed by atoms with Gasteiger partial charge in [0.15, 0.2) is 0 Å². The van der Waals surface area contributed by atoms with Crippen LogP contribution in [0.2, 0.25) is 0 Å². The van der Waals surface area contributed by atoms with Gasteiger partial charge in [0.1, 0.15) is 5.82 Å². The summed E-state index contributed by atoms with van der Waals surface area (Å²) in [6, 6.07) is 8.40. The molecule has 2 aromatic rings. The number of hydrogen-bond donors (Lipinski definition) is 1. The van der Waals surface area contributed by atoms with Gasteiger partial charge in [-0.15, -0.1) is 0 Å². The molecule has 1 N–H and O–H groups in total. The van der Waals surface area contributed by atoms with Crippen molar-refractivity contribution in [2.24, 2.45) is 7.05 Å². The Morgan fingerprint density at radius 1 is 1.29 bits per heavy atom. The lowest BCUT2D eigenvalue weighted by atomic mass is 10.1. The van der Waals surface area contributed by atoms with Crippen molar-refractivity contribution in [3.63, 3.8) is 0 Å². The van der Waals surface area contributed by atoms with Gasteiger partial charge < -0.3 is 5.32 Å². The third-order valence-corrected chi connectivity index (χ3v) is 4.63. The van der Waals surface area contributed by atoms with E-state index in [-0.39, 0.29) is 17.6 Å². The lowest BCUT2D eigenvalue weighted by molar-refractivity contribution is -0.121. The Labute approximate surface area is 141 Å². The Balaban J connectivity index is 1.50. The molecule has 1 aliphatic heterocycles. The largest absolute Gasteiger partial charge is 0.353 e. The molecule has 3 rings (SSSR count). The van der Waals surface area contributed by atoms with Crippen LogP contribution in [-0.2, 0) is 31.2 Å². The van der Waals surface area contributed by atoms with Gasteiger partial charge >= 0.3 is 5.69 Å². The summed E-state index contributed by atoms with van der Waals surface area (Å²) in [6.45, 7) is 2.67. The minimum Gasteiger partial charge on any atom is -0.353 e. The van der Waals surface area contributed by atoms with Gasteiger partial charge in [0.25, 0.3) is 0 Å². The maximum Gasteiger partial charge on any atom is 0.345 e. The van der Waals surface area contributed by atoms with Gasteiger partial charge in [-0.2, -0.15) is 5.10 Å². The topological polar surface area (TPSA) is 68.9 Å². The Morgan fingerprint density at radius 2 is 2.04 bits per heavy atom. The third-order valence-electron chi connectivity index (χ3n) is 4.63. The molecule has 2 heterocycles. The first-order valence-electron chi connectivity index (χ1n) is 8.50. The normalized spacial score (nSPS) is 17.2. The molecule has 0 aliphatic carbocycles. The van der Waals surface area contributed by atoms with Crippen LogP contribution < -0.4 is 11.0 Å². The zero-order valence-corrected chi connectivity index (χ0v) is 14.3. The molecule has 6 nitrogen and oxygen atoms in total. The summed E-state index contributed by atoms with van der Waals surface area (Å²) in [5, 5.41) is 7.37. The average Bonchev–Trinajstić information content (AvgIpc) is 2.72. The smallest absolute Gasteiger partial charge is 0.345 e. The Kier molecular flexibility index (Phi) is 4.83. The number of aryl methyl sites for hydroxylation is 4. The van der Waals surface area contributed by atoms with Gasteiger partial charge in [0.2, 0.25) is 5.91 Å². The van der Waals surface area contributed by atoms with Gasteiger partial charge in [-0.25, -0.2) is 9.48 Å². The zero-order chi connectivity index (χ0) is 17.1. The minimum absolute atomic E-state index is 0.0728. The zero-order valence-electron chi connectivity index (χ0n) is 14.3. The second-order valence-electron chi connectivity index (χ2n) is 6.55. The molecule has 6 heteroatoms. The number of carbonyl (C=O) groups excluding carboxylic acids is 1. The van der Waals surface area contributed by atoms with Crippen molar-refractivity contribution in [3.05, 3.63) is 51.7 Å². The summed E-state index contributed by atoms with van der Waals surface area (Å²) in [5.41, 5.74) is 2.34. The summed E-state index contributed by atoms with van der Waals surface area (Å²) in [6.07, 6.45) is 3.56. The molecule has 0 saturated heterocycles. The van der Waals surface area contributed by atoms with Crippen LogP contribution in [0.4, 0.5) is 0 Å². The first-order chi connectivity index (χ1) is 11.5. The van der Waals surface area contributed by atoms with Crippen molar-refractivity contribution in [1.82, 2.24) is 19.7 Å². The van der Waals surface area contributed by atoms with E-state index < -0.39 is 0 Å². The molecular weight excluding hydrogens is 304 g/mol. The fraction of sp³-hybridized carbons (Fsp3) is 0.500. The number of benzene rings is 1. The number of aromatic nitrogens is 3. The molecule has 24 heavy (non-hydrogen) atoms. The molecule has 1 atom stereocenters. The molecule has 1 unspecified atom stereocenters. The van der Waals surface area contributed by atoms with Crippen molar-refractivity contribution < 1.29 is 4.79 Å². The van der Waals surface area contributed by atoms with E-state index in [0.717, 1.165) is 31.5 Å². The van der Waals surface area contributed by atoms with E-state index in [9.17, 15) is 9.59 Å². The number of nitrogens with zero attached hydrogens (tertiary/aromatic N) is 3. The fourth-order valence-electron chi connectivity index (χ4n) is 3.15. The van der Waals surface area contributed by atoms with Crippen molar-refractivity contribution in [1.29, 1.82) is 0 Å². The number of rotatable bonds is 4. The highest BCUT2D eigenvalue weighted by Crippen LogP contribution is 2.12. The molecule has 1 amide bonds. The third kappa shape index (κ3) is 3.75. The van der Waals surface area contributed by atoms with Crippen LogP contribution in [0.5, 0.6) is 0 Å². The number of nitrogens with one attached hydrogen (secondary N) is 1. The van der Waals surface area contributed by atoms with Gasteiger partial charge in [-0.05, 0) is 31.7 Å². The molecule has 0 fully saturated rings. The summed E-state index contributed by atoms with van der Waals surface area (Å²) < 4.78 is 3.11. The first kappa shape index (κ1) is 16.5. The summed E-state index contributed by atoms with van der Waals surface area (Å²) >= 11 is 0. The maximum absolute atomic E-state index is 12.2. The summed E-state index contributed by atoms with van der Waals surface area (Å²) in [5.74, 6) is 0.895. The first-order valence-corrected chi connectivity index (χ1v) is 8.50.